The van der Waals surface area contributed by atoms with E-state index in [4.69, 9.17) is 9.39 Å². The Morgan fingerprint density at radius 2 is 1.67 bits per heavy atom. The summed E-state index contributed by atoms with van der Waals surface area (Å²) in [4.78, 5) is 11.3. The van der Waals surface area contributed by atoms with Gasteiger partial charge in [-0.1, -0.05) is 45.0 Å². The maximum atomic E-state index is 13.4. The molecule has 0 radical (unpaired) electrons. The molecule has 0 heterocycles. The molecule has 170 valence electrons. The molecule has 1 aromatic carbocycles. The summed E-state index contributed by atoms with van der Waals surface area (Å²) in [6.45, 7) is 11.5. The first-order chi connectivity index (χ1) is 13.7. The van der Waals surface area contributed by atoms with Gasteiger partial charge in [-0.25, -0.2) is 0 Å². The van der Waals surface area contributed by atoms with Crippen molar-refractivity contribution in [3.63, 3.8) is 0 Å². The van der Waals surface area contributed by atoms with Gasteiger partial charge in [0, 0.05) is 5.92 Å². The van der Waals surface area contributed by atoms with Crippen LogP contribution in [-0.2, 0) is 14.2 Å². The molecule has 1 amide bonds. The number of amides is 1. The van der Waals surface area contributed by atoms with Gasteiger partial charge in [0.2, 0.25) is 0 Å². The topological polar surface area (TPSA) is 67.8 Å². The highest BCUT2D eigenvalue weighted by Gasteiger charge is 2.33. The molecule has 0 saturated heterocycles. The Morgan fingerprint density at radius 1 is 1.13 bits per heavy atom. The number of hydrogen-bond donors (Lipinski definition) is 2. The van der Waals surface area contributed by atoms with E-state index in [0.29, 0.717) is 11.0 Å². The van der Waals surface area contributed by atoms with E-state index in [1.165, 1.54) is 13.8 Å². The Kier molecular flexibility index (Phi) is 9.38. The molecule has 5 nitrogen and oxygen atoms in total. The number of halogens is 3. The summed E-state index contributed by atoms with van der Waals surface area (Å²) in [5.74, 6) is -1.88. The molecule has 2 N–H and O–H groups in total. The minimum Gasteiger partial charge on any atom is -0.423 e. The summed E-state index contributed by atoms with van der Waals surface area (Å²) in [5, 5.41) is 12.5. The lowest BCUT2D eigenvalue weighted by atomic mass is 9.76. The second-order valence-electron chi connectivity index (χ2n) is 8.87. The van der Waals surface area contributed by atoms with Crippen LogP contribution in [0.25, 0.3) is 0 Å². The van der Waals surface area contributed by atoms with Gasteiger partial charge < -0.3 is 19.7 Å². The van der Waals surface area contributed by atoms with Crippen LogP contribution in [0.5, 0.6) is 0 Å². The third-order valence-electron chi connectivity index (χ3n) is 5.16. The zero-order valence-electron chi connectivity index (χ0n) is 18.7. The lowest BCUT2D eigenvalue weighted by molar-refractivity contribution is -0.152. The second kappa shape index (κ2) is 10.6. The smallest absolute Gasteiger partial charge is 0.423 e. The molecule has 0 aliphatic carbocycles. The lowest BCUT2D eigenvalue weighted by Crippen LogP contribution is -2.49. The molecule has 0 aromatic heterocycles. The van der Waals surface area contributed by atoms with E-state index in [1.807, 2.05) is 27.7 Å². The fraction of sp³-hybridized carbons (Fsp3) is 0.667. The van der Waals surface area contributed by atoms with Gasteiger partial charge in [-0.3, -0.25) is 9.18 Å². The number of rotatable bonds is 11. The third kappa shape index (κ3) is 7.59. The first-order valence-electron chi connectivity index (χ1n) is 10.00. The van der Waals surface area contributed by atoms with E-state index in [0.717, 1.165) is 0 Å². The predicted octanol–water partition coefficient (Wildman–Crippen LogP) is 3.61. The molecule has 2 unspecified atom stereocenters. The van der Waals surface area contributed by atoms with Crippen LogP contribution in [-0.4, -0.2) is 42.5 Å². The maximum Gasteiger partial charge on any atom is 0.491 e. The van der Waals surface area contributed by atoms with Crippen molar-refractivity contribution in [2.24, 2.45) is 11.8 Å². The van der Waals surface area contributed by atoms with Crippen molar-refractivity contribution in [1.29, 1.82) is 0 Å². The number of carbonyl (C=O) groups excluding carboxylic acids is 1. The Balaban J connectivity index is 3.02. The number of hydrogen-bond acceptors (Lipinski definition) is 4. The van der Waals surface area contributed by atoms with Crippen LogP contribution in [0.2, 0.25) is 0 Å². The van der Waals surface area contributed by atoms with Gasteiger partial charge >= 0.3 is 13.5 Å². The van der Waals surface area contributed by atoms with Crippen molar-refractivity contribution in [1.82, 2.24) is 5.32 Å². The van der Waals surface area contributed by atoms with Gasteiger partial charge in [-0.2, -0.15) is 8.78 Å². The Morgan fingerprint density at radius 3 is 2.10 bits per heavy atom. The van der Waals surface area contributed by atoms with Crippen LogP contribution in [0, 0.1) is 11.8 Å². The minimum atomic E-state index is -3.18. The fourth-order valence-electron chi connectivity index (χ4n) is 2.63. The molecule has 30 heavy (non-hydrogen) atoms. The quantitative estimate of drug-likeness (QED) is 0.415. The predicted molar refractivity (Wildman–Crippen MR) is 111 cm³/mol. The highest BCUT2D eigenvalue weighted by molar-refractivity contribution is 6.60. The Labute approximate surface area is 177 Å². The zero-order chi connectivity index (χ0) is 23.3. The summed E-state index contributed by atoms with van der Waals surface area (Å²) in [5.41, 5.74) is -0.883. The molecular formula is C21H33BF3NO4. The highest BCUT2D eigenvalue weighted by atomic mass is 19.3. The van der Waals surface area contributed by atoms with Gasteiger partial charge in [-0.05, 0) is 44.6 Å². The fourth-order valence-corrected chi connectivity index (χ4v) is 2.63. The zero-order valence-corrected chi connectivity index (χ0v) is 18.7. The SMILES string of the molecule is CC(CF)C(OC(C)(C)NC(=O)C(F)F)c1ccc(B(O)OC(C)(C)C(C)C)cc1. The van der Waals surface area contributed by atoms with Crippen molar-refractivity contribution in [3.05, 3.63) is 29.8 Å². The van der Waals surface area contributed by atoms with Gasteiger partial charge in [0.15, 0.2) is 0 Å². The normalized spacial score (nSPS) is 14.7. The molecule has 1 rings (SSSR count). The molecule has 0 bridgehead atoms. The molecule has 0 saturated carbocycles. The van der Waals surface area contributed by atoms with E-state index in [9.17, 15) is 23.0 Å². The largest absolute Gasteiger partial charge is 0.491 e. The van der Waals surface area contributed by atoms with Gasteiger partial charge in [-0.15, -0.1) is 0 Å². The van der Waals surface area contributed by atoms with Crippen molar-refractivity contribution in [2.75, 3.05) is 6.67 Å². The summed E-state index contributed by atoms with van der Waals surface area (Å²) in [6.07, 6.45) is -3.98. The minimum absolute atomic E-state index is 0.181. The molecule has 0 fully saturated rings. The molecule has 1 aromatic rings. The molecular weight excluding hydrogens is 398 g/mol. The maximum absolute atomic E-state index is 13.4. The summed E-state index contributed by atoms with van der Waals surface area (Å²) < 4.78 is 50.1. The van der Waals surface area contributed by atoms with E-state index < -0.39 is 49.5 Å². The lowest BCUT2D eigenvalue weighted by Gasteiger charge is -2.34. The second-order valence-corrected chi connectivity index (χ2v) is 8.87. The standard InChI is InChI=1S/C21H33BF3NO4/c1-13(2)20(4,5)30-22(28)16-10-8-15(9-11-16)17(14(3)12-23)29-21(6,7)26-19(27)18(24)25/h8-11,13-14,17-18,28H,12H2,1-7H3,(H,26,27). The van der Waals surface area contributed by atoms with E-state index in [2.05, 4.69) is 5.32 Å². The van der Waals surface area contributed by atoms with Crippen LogP contribution in [0.3, 0.4) is 0 Å². The van der Waals surface area contributed by atoms with Crippen LogP contribution >= 0.6 is 0 Å². The van der Waals surface area contributed by atoms with Gasteiger partial charge in [0.25, 0.3) is 5.91 Å². The van der Waals surface area contributed by atoms with Crippen molar-refractivity contribution < 1.29 is 32.4 Å². The monoisotopic (exact) mass is 431 g/mol. The molecule has 9 heteroatoms. The summed E-state index contributed by atoms with van der Waals surface area (Å²) in [7, 11) is -1.14. The van der Waals surface area contributed by atoms with Crippen LogP contribution in [0.1, 0.15) is 60.1 Å². The number of ether oxygens (including phenoxy) is 1. The Hall–Kier alpha value is -1.58. The number of alkyl halides is 3. The van der Waals surface area contributed by atoms with Crippen LogP contribution < -0.4 is 10.8 Å². The summed E-state index contributed by atoms with van der Waals surface area (Å²) in [6, 6.07) is 6.60. The third-order valence-corrected chi connectivity index (χ3v) is 5.16. The van der Waals surface area contributed by atoms with Crippen molar-refractivity contribution >= 4 is 18.5 Å². The first kappa shape index (κ1) is 26.5. The number of benzene rings is 1. The van der Waals surface area contributed by atoms with Gasteiger partial charge in [0.05, 0.1) is 18.4 Å². The van der Waals surface area contributed by atoms with Crippen molar-refractivity contribution in [2.45, 2.75) is 72.3 Å². The molecule has 0 spiro atoms. The molecule has 0 aliphatic heterocycles. The van der Waals surface area contributed by atoms with E-state index >= 15 is 0 Å². The number of carbonyl (C=O) groups is 1. The average molecular weight is 431 g/mol. The molecule has 0 aliphatic rings. The van der Waals surface area contributed by atoms with Gasteiger partial charge in [0.1, 0.15) is 5.72 Å². The van der Waals surface area contributed by atoms with Crippen LogP contribution in [0.15, 0.2) is 24.3 Å². The average Bonchev–Trinajstić information content (AvgIpc) is 2.64. The van der Waals surface area contributed by atoms with E-state index in [-0.39, 0.29) is 5.92 Å². The van der Waals surface area contributed by atoms with E-state index in [1.54, 1.807) is 31.2 Å². The van der Waals surface area contributed by atoms with Crippen LogP contribution in [0.4, 0.5) is 13.2 Å². The van der Waals surface area contributed by atoms with Crippen molar-refractivity contribution in [3.8, 4) is 0 Å². The highest BCUT2D eigenvalue weighted by Crippen LogP contribution is 2.30. The number of nitrogens with one attached hydrogen (secondary N) is 1. The first-order valence-corrected chi connectivity index (χ1v) is 10.00. The summed E-state index contributed by atoms with van der Waals surface area (Å²) >= 11 is 0. The molecule has 2 atom stereocenters. The Bertz CT molecular complexity index is 683.